The predicted molar refractivity (Wildman–Crippen MR) is 59.2 cm³/mol. The first-order valence-electron chi connectivity index (χ1n) is 5.13. The second-order valence-electron chi connectivity index (χ2n) is 3.92. The van der Waals surface area contributed by atoms with Gasteiger partial charge in [0.15, 0.2) is 0 Å². The van der Waals surface area contributed by atoms with Crippen molar-refractivity contribution in [2.45, 2.75) is 32.3 Å². The van der Waals surface area contributed by atoms with Gasteiger partial charge in [0.25, 0.3) is 0 Å². The highest BCUT2D eigenvalue weighted by Crippen LogP contribution is 2.21. The summed E-state index contributed by atoms with van der Waals surface area (Å²) in [5, 5.41) is 9.75. The summed E-state index contributed by atoms with van der Waals surface area (Å²) in [4.78, 5) is 0. The second kappa shape index (κ2) is 5.13. The summed E-state index contributed by atoms with van der Waals surface area (Å²) in [6.45, 7) is 4.82. The van der Waals surface area contributed by atoms with E-state index in [0.717, 1.165) is 5.56 Å². The van der Waals surface area contributed by atoms with Gasteiger partial charge >= 0.3 is 0 Å². The van der Waals surface area contributed by atoms with Crippen molar-refractivity contribution < 1.29 is 5.11 Å². The van der Waals surface area contributed by atoms with Crippen LogP contribution in [0.2, 0.25) is 0 Å². The van der Waals surface area contributed by atoms with Crippen molar-refractivity contribution in [1.29, 1.82) is 0 Å². The molecule has 1 aromatic carbocycles. The van der Waals surface area contributed by atoms with Gasteiger partial charge in [-0.2, -0.15) is 0 Å². The van der Waals surface area contributed by atoms with Crippen LogP contribution in [-0.4, -0.2) is 11.7 Å². The number of benzene rings is 1. The topological polar surface area (TPSA) is 46.2 Å². The van der Waals surface area contributed by atoms with Crippen LogP contribution < -0.4 is 5.73 Å². The van der Waals surface area contributed by atoms with E-state index in [9.17, 15) is 5.11 Å². The molecule has 2 nitrogen and oxygen atoms in total. The molecule has 0 unspecified atom stereocenters. The van der Waals surface area contributed by atoms with Crippen LogP contribution in [-0.2, 0) is 0 Å². The highest BCUT2D eigenvalue weighted by molar-refractivity contribution is 5.27. The molecule has 0 amide bonds. The van der Waals surface area contributed by atoms with Gasteiger partial charge in [-0.15, -0.1) is 0 Å². The van der Waals surface area contributed by atoms with Gasteiger partial charge in [-0.05, 0) is 30.0 Å². The average Bonchev–Trinajstić information content (AvgIpc) is 2.18. The zero-order valence-electron chi connectivity index (χ0n) is 8.90. The fraction of sp³-hybridized carbons (Fsp3) is 0.500. The molecule has 0 aliphatic carbocycles. The molecule has 78 valence electrons. The molecule has 0 spiro atoms. The first-order chi connectivity index (χ1) is 6.65. The molecule has 0 aliphatic rings. The van der Waals surface area contributed by atoms with Crippen molar-refractivity contribution in [2.75, 3.05) is 6.54 Å². The highest BCUT2D eigenvalue weighted by atomic mass is 16.3. The molecule has 1 rings (SSSR count). The molecule has 3 N–H and O–H groups in total. The maximum Gasteiger partial charge on any atom is 0.0802 e. The van der Waals surface area contributed by atoms with Gasteiger partial charge in [0.2, 0.25) is 0 Å². The number of aliphatic hydroxyl groups is 1. The van der Waals surface area contributed by atoms with E-state index in [-0.39, 0.29) is 0 Å². The number of nitrogens with two attached hydrogens (primary N) is 1. The van der Waals surface area contributed by atoms with Gasteiger partial charge in [-0.25, -0.2) is 0 Å². The Morgan fingerprint density at radius 1 is 1.29 bits per heavy atom. The molecule has 1 atom stereocenters. The standard InChI is InChI=1S/C12H19NO/c1-9(2)10-4-3-5-11(8-10)12(14)6-7-13/h3-5,8-9,12,14H,6-7,13H2,1-2H3/t12-/m1/s1. The van der Waals surface area contributed by atoms with Crippen molar-refractivity contribution in [3.8, 4) is 0 Å². The molecule has 0 aliphatic heterocycles. The summed E-state index contributed by atoms with van der Waals surface area (Å²) in [6, 6.07) is 8.09. The van der Waals surface area contributed by atoms with E-state index in [1.165, 1.54) is 5.56 Å². The van der Waals surface area contributed by atoms with Crippen molar-refractivity contribution in [1.82, 2.24) is 0 Å². The summed E-state index contributed by atoms with van der Waals surface area (Å²) < 4.78 is 0. The summed E-state index contributed by atoms with van der Waals surface area (Å²) in [6.07, 6.45) is 0.209. The summed E-state index contributed by atoms with van der Waals surface area (Å²) in [7, 11) is 0. The Balaban J connectivity index is 2.82. The average molecular weight is 193 g/mol. The van der Waals surface area contributed by atoms with E-state index in [4.69, 9.17) is 5.73 Å². The first-order valence-corrected chi connectivity index (χ1v) is 5.13. The van der Waals surface area contributed by atoms with Gasteiger partial charge in [0.1, 0.15) is 0 Å². The van der Waals surface area contributed by atoms with E-state index < -0.39 is 6.10 Å². The summed E-state index contributed by atoms with van der Waals surface area (Å²) in [5.41, 5.74) is 7.64. The largest absolute Gasteiger partial charge is 0.388 e. The molecular weight excluding hydrogens is 174 g/mol. The predicted octanol–water partition coefficient (Wildman–Crippen LogP) is 2.19. The fourth-order valence-corrected chi connectivity index (χ4v) is 1.45. The Morgan fingerprint density at radius 3 is 2.50 bits per heavy atom. The molecule has 0 fully saturated rings. The molecular formula is C12H19NO. The molecule has 0 saturated carbocycles. The Kier molecular flexibility index (Phi) is 4.11. The van der Waals surface area contributed by atoms with Crippen LogP contribution in [0.25, 0.3) is 0 Å². The highest BCUT2D eigenvalue weighted by Gasteiger charge is 2.07. The third-order valence-corrected chi connectivity index (χ3v) is 2.40. The maximum absolute atomic E-state index is 9.75. The lowest BCUT2D eigenvalue weighted by molar-refractivity contribution is 0.170. The van der Waals surface area contributed by atoms with Gasteiger partial charge in [-0.1, -0.05) is 38.1 Å². The van der Waals surface area contributed by atoms with Crippen LogP contribution in [0.1, 0.15) is 43.4 Å². The monoisotopic (exact) mass is 193 g/mol. The SMILES string of the molecule is CC(C)c1cccc([C@H](O)CCN)c1. The van der Waals surface area contributed by atoms with Crippen molar-refractivity contribution in [2.24, 2.45) is 5.73 Å². The molecule has 0 heterocycles. The minimum Gasteiger partial charge on any atom is -0.388 e. The molecule has 0 saturated heterocycles. The first kappa shape index (κ1) is 11.2. The van der Waals surface area contributed by atoms with E-state index in [1.54, 1.807) is 0 Å². The second-order valence-corrected chi connectivity index (χ2v) is 3.92. The lowest BCUT2D eigenvalue weighted by Crippen LogP contribution is -2.07. The van der Waals surface area contributed by atoms with Crippen molar-refractivity contribution in [3.05, 3.63) is 35.4 Å². The van der Waals surface area contributed by atoms with Crippen molar-refractivity contribution in [3.63, 3.8) is 0 Å². The third-order valence-electron chi connectivity index (χ3n) is 2.40. The minimum atomic E-state index is -0.418. The third kappa shape index (κ3) is 2.82. The summed E-state index contributed by atoms with van der Waals surface area (Å²) >= 11 is 0. The smallest absolute Gasteiger partial charge is 0.0802 e. The van der Waals surface area contributed by atoms with Crippen LogP contribution in [0.15, 0.2) is 24.3 Å². The maximum atomic E-state index is 9.75. The molecule has 0 aromatic heterocycles. The van der Waals surface area contributed by atoms with Crippen LogP contribution in [0.3, 0.4) is 0 Å². The van der Waals surface area contributed by atoms with E-state index in [1.807, 2.05) is 12.1 Å². The molecule has 1 aromatic rings. The lowest BCUT2D eigenvalue weighted by Gasteiger charge is -2.12. The van der Waals surface area contributed by atoms with Crippen LogP contribution >= 0.6 is 0 Å². The lowest BCUT2D eigenvalue weighted by atomic mass is 9.98. The number of rotatable bonds is 4. The Bertz CT molecular complexity index is 283. The number of aliphatic hydroxyl groups excluding tert-OH is 1. The van der Waals surface area contributed by atoms with E-state index in [0.29, 0.717) is 18.9 Å². The summed E-state index contributed by atoms with van der Waals surface area (Å²) in [5.74, 6) is 0.500. The zero-order chi connectivity index (χ0) is 10.6. The quantitative estimate of drug-likeness (QED) is 0.770. The number of hydrogen-bond donors (Lipinski definition) is 2. The van der Waals surface area contributed by atoms with Crippen LogP contribution in [0.5, 0.6) is 0 Å². The van der Waals surface area contributed by atoms with Gasteiger partial charge in [0, 0.05) is 0 Å². The number of hydrogen-bond acceptors (Lipinski definition) is 2. The minimum absolute atomic E-state index is 0.418. The molecule has 2 heteroatoms. The molecule has 0 bridgehead atoms. The fourth-order valence-electron chi connectivity index (χ4n) is 1.45. The van der Waals surface area contributed by atoms with E-state index >= 15 is 0 Å². The molecule has 14 heavy (non-hydrogen) atoms. The van der Waals surface area contributed by atoms with Gasteiger partial charge in [0.05, 0.1) is 6.10 Å². The van der Waals surface area contributed by atoms with Crippen LogP contribution in [0, 0.1) is 0 Å². The van der Waals surface area contributed by atoms with Gasteiger partial charge < -0.3 is 10.8 Å². The van der Waals surface area contributed by atoms with E-state index in [2.05, 4.69) is 26.0 Å². The Labute approximate surface area is 85.8 Å². The normalized spacial score (nSPS) is 13.2. The van der Waals surface area contributed by atoms with Gasteiger partial charge in [-0.3, -0.25) is 0 Å². The molecule has 0 radical (unpaired) electrons. The van der Waals surface area contributed by atoms with Crippen molar-refractivity contribution >= 4 is 0 Å². The van der Waals surface area contributed by atoms with Crippen LogP contribution in [0.4, 0.5) is 0 Å². The Morgan fingerprint density at radius 2 is 1.93 bits per heavy atom. The Hall–Kier alpha value is -0.860. The zero-order valence-corrected chi connectivity index (χ0v) is 8.90.